The summed E-state index contributed by atoms with van der Waals surface area (Å²) in [7, 11) is 0. The second-order valence-corrected chi connectivity index (χ2v) is 4.19. The van der Waals surface area contributed by atoms with Crippen molar-refractivity contribution in [3.8, 4) is 28.7 Å². The Morgan fingerprint density at radius 3 is 2.63 bits per heavy atom. The van der Waals surface area contributed by atoms with Crippen molar-refractivity contribution in [1.29, 1.82) is 0 Å². The Labute approximate surface area is 109 Å². The van der Waals surface area contributed by atoms with Gasteiger partial charge in [0.2, 0.25) is 5.82 Å². The van der Waals surface area contributed by atoms with Crippen LogP contribution < -0.4 is 0 Å². The van der Waals surface area contributed by atoms with E-state index in [2.05, 4.69) is 15.1 Å². The van der Waals surface area contributed by atoms with Crippen molar-refractivity contribution in [2.24, 2.45) is 0 Å². The van der Waals surface area contributed by atoms with Gasteiger partial charge in [-0.05, 0) is 48.9 Å². The van der Waals surface area contributed by atoms with E-state index in [1.54, 1.807) is 30.5 Å². The quantitative estimate of drug-likeness (QED) is 0.760. The van der Waals surface area contributed by atoms with Gasteiger partial charge in [-0.25, -0.2) is 0 Å². The molecule has 0 atom stereocenters. The number of aromatic hydroxyl groups is 1. The molecule has 2 heterocycles. The molecule has 0 aliphatic rings. The number of hydrogen-bond donors (Lipinski definition) is 1. The number of rotatable bonds is 2. The van der Waals surface area contributed by atoms with Gasteiger partial charge < -0.3 is 9.63 Å². The van der Waals surface area contributed by atoms with E-state index < -0.39 is 0 Å². The van der Waals surface area contributed by atoms with Gasteiger partial charge in [0, 0.05) is 11.8 Å². The van der Waals surface area contributed by atoms with Crippen LogP contribution in [0, 0.1) is 6.92 Å². The molecule has 0 aliphatic carbocycles. The third kappa shape index (κ3) is 2.30. The largest absolute Gasteiger partial charge is 0.508 e. The number of aromatic nitrogens is 3. The lowest BCUT2D eigenvalue weighted by Crippen LogP contribution is -1.86. The summed E-state index contributed by atoms with van der Waals surface area (Å²) in [4.78, 5) is 8.51. The van der Waals surface area contributed by atoms with Crippen LogP contribution in [0.5, 0.6) is 5.75 Å². The number of hydrogen-bond acceptors (Lipinski definition) is 5. The van der Waals surface area contributed by atoms with Crippen molar-refractivity contribution >= 4 is 0 Å². The van der Waals surface area contributed by atoms with Crippen molar-refractivity contribution in [1.82, 2.24) is 15.1 Å². The summed E-state index contributed by atoms with van der Waals surface area (Å²) in [6.07, 6.45) is 1.71. The first kappa shape index (κ1) is 11.4. The van der Waals surface area contributed by atoms with Crippen LogP contribution in [0.15, 0.2) is 47.1 Å². The molecule has 0 radical (unpaired) electrons. The zero-order chi connectivity index (χ0) is 13.2. The van der Waals surface area contributed by atoms with Gasteiger partial charge in [-0.3, -0.25) is 4.98 Å². The minimum Gasteiger partial charge on any atom is -0.508 e. The molecule has 94 valence electrons. The molecule has 5 nitrogen and oxygen atoms in total. The summed E-state index contributed by atoms with van der Waals surface area (Å²) < 4.78 is 5.20. The number of pyridine rings is 1. The second-order valence-electron chi connectivity index (χ2n) is 4.19. The zero-order valence-electron chi connectivity index (χ0n) is 10.2. The fraction of sp³-hybridized carbons (Fsp3) is 0.0714. The van der Waals surface area contributed by atoms with Crippen LogP contribution in [0.3, 0.4) is 0 Å². The van der Waals surface area contributed by atoms with Gasteiger partial charge in [0.1, 0.15) is 11.4 Å². The Balaban J connectivity index is 1.97. The molecule has 0 aliphatic heterocycles. The Kier molecular flexibility index (Phi) is 2.72. The molecule has 5 heteroatoms. The van der Waals surface area contributed by atoms with Crippen molar-refractivity contribution < 1.29 is 9.63 Å². The first-order valence-corrected chi connectivity index (χ1v) is 5.78. The normalized spacial score (nSPS) is 10.6. The van der Waals surface area contributed by atoms with Gasteiger partial charge in [0.15, 0.2) is 0 Å². The van der Waals surface area contributed by atoms with Gasteiger partial charge >= 0.3 is 0 Å². The molecule has 1 aromatic carbocycles. The third-order valence-corrected chi connectivity index (χ3v) is 2.68. The molecule has 0 saturated heterocycles. The Morgan fingerprint density at radius 1 is 1.11 bits per heavy atom. The zero-order valence-corrected chi connectivity index (χ0v) is 10.2. The highest BCUT2D eigenvalue weighted by atomic mass is 16.5. The summed E-state index contributed by atoms with van der Waals surface area (Å²) in [6.45, 7) is 1.98. The van der Waals surface area contributed by atoms with Crippen molar-refractivity contribution in [3.05, 3.63) is 48.2 Å². The molecule has 1 N–H and O–H groups in total. The van der Waals surface area contributed by atoms with E-state index in [1.165, 1.54) is 0 Å². The van der Waals surface area contributed by atoms with E-state index in [4.69, 9.17) is 4.52 Å². The average Bonchev–Trinajstić information content (AvgIpc) is 2.89. The van der Waals surface area contributed by atoms with Gasteiger partial charge in [0.25, 0.3) is 5.89 Å². The number of nitrogens with zero attached hydrogens (tertiary/aromatic N) is 3. The Morgan fingerprint density at radius 2 is 1.89 bits per heavy atom. The highest BCUT2D eigenvalue weighted by Crippen LogP contribution is 2.23. The molecule has 0 saturated carbocycles. The second kappa shape index (κ2) is 4.53. The highest BCUT2D eigenvalue weighted by Gasteiger charge is 2.11. The minimum atomic E-state index is 0.198. The lowest BCUT2D eigenvalue weighted by atomic mass is 10.2. The van der Waals surface area contributed by atoms with E-state index in [1.807, 2.05) is 19.1 Å². The summed E-state index contributed by atoms with van der Waals surface area (Å²) in [5.41, 5.74) is 2.51. The molecule has 2 aromatic heterocycles. The Hall–Kier alpha value is -2.69. The predicted octanol–water partition coefficient (Wildman–Crippen LogP) is 2.81. The molecule has 0 spiro atoms. The monoisotopic (exact) mass is 253 g/mol. The van der Waals surface area contributed by atoms with Crippen LogP contribution in [-0.4, -0.2) is 20.2 Å². The fourth-order valence-electron chi connectivity index (χ4n) is 1.71. The molecule has 19 heavy (non-hydrogen) atoms. The maximum absolute atomic E-state index is 9.24. The van der Waals surface area contributed by atoms with Crippen LogP contribution in [0.1, 0.15) is 5.56 Å². The van der Waals surface area contributed by atoms with Crippen molar-refractivity contribution in [2.45, 2.75) is 6.92 Å². The molecule has 0 bridgehead atoms. The topological polar surface area (TPSA) is 72.0 Å². The van der Waals surface area contributed by atoms with Gasteiger partial charge in [-0.15, -0.1) is 0 Å². The van der Waals surface area contributed by atoms with E-state index in [0.717, 1.165) is 11.1 Å². The lowest BCUT2D eigenvalue weighted by Gasteiger charge is -1.95. The van der Waals surface area contributed by atoms with Gasteiger partial charge in [-0.2, -0.15) is 4.98 Å². The molecule has 3 rings (SSSR count). The highest BCUT2D eigenvalue weighted by molar-refractivity contribution is 5.58. The van der Waals surface area contributed by atoms with Crippen molar-refractivity contribution in [2.75, 3.05) is 0 Å². The van der Waals surface area contributed by atoms with Gasteiger partial charge in [-0.1, -0.05) is 5.16 Å². The predicted molar refractivity (Wildman–Crippen MR) is 69.4 cm³/mol. The summed E-state index contributed by atoms with van der Waals surface area (Å²) in [5.74, 6) is 1.05. The molecular formula is C14H11N3O2. The summed E-state index contributed by atoms with van der Waals surface area (Å²) in [6, 6.07) is 10.4. The molecule has 0 fully saturated rings. The van der Waals surface area contributed by atoms with E-state index in [9.17, 15) is 5.11 Å². The van der Waals surface area contributed by atoms with Crippen LogP contribution in [0.25, 0.3) is 23.0 Å². The Bertz CT molecular complexity index is 705. The number of aryl methyl sites for hydroxylation is 1. The lowest BCUT2D eigenvalue weighted by molar-refractivity contribution is 0.432. The number of phenolic OH excluding ortho intramolecular Hbond substituents is 1. The van der Waals surface area contributed by atoms with E-state index in [-0.39, 0.29) is 5.75 Å². The van der Waals surface area contributed by atoms with Crippen LogP contribution in [0.2, 0.25) is 0 Å². The first-order chi connectivity index (χ1) is 9.22. The fourth-order valence-corrected chi connectivity index (χ4v) is 1.71. The average molecular weight is 253 g/mol. The van der Waals surface area contributed by atoms with Crippen LogP contribution >= 0.6 is 0 Å². The van der Waals surface area contributed by atoms with E-state index in [0.29, 0.717) is 17.4 Å². The summed E-state index contributed by atoms with van der Waals surface area (Å²) >= 11 is 0. The first-order valence-electron chi connectivity index (χ1n) is 5.78. The summed E-state index contributed by atoms with van der Waals surface area (Å²) in [5, 5.41) is 13.2. The minimum absolute atomic E-state index is 0.198. The third-order valence-electron chi connectivity index (χ3n) is 2.68. The van der Waals surface area contributed by atoms with Crippen LogP contribution in [-0.2, 0) is 0 Å². The van der Waals surface area contributed by atoms with Crippen LogP contribution in [0.4, 0.5) is 0 Å². The van der Waals surface area contributed by atoms with E-state index >= 15 is 0 Å². The smallest absolute Gasteiger partial charge is 0.258 e. The molecule has 0 unspecified atom stereocenters. The molecule has 0 amide bonds. The SMILES string of the molecule is Cc1ccnc(-c2noc(-c3ccc(O)cc3)n2)c1. The number of benzene rings is 1. The van der Waals surface area contributed by atoms with Gasteiger partial charge in [0.05, 0.1) is 0 Å². The molecule has 3 aromatic rings. The maximum atomic E-state index is 9.24. The van der Waals surface area contributed by atoms with Crippen molar-refractivity contribution in [3.63, 3.8) is 0 Å². The maximum Gasteiger partial charge on any atom is 0.258 e. The standard InChI is InChI=1S/C14H11N3O2/c1-9-6-7-15-12(8-9)13-16-14(19-17-13)10-2-4-11(18)5-3-10/h2-8,18H,1H3. The molecular weight excluding hydrogens is 242 g/mol. The number of phenols is 1.